The molecule has 0 saturated heterocycles. The van der Waals surface area contributed by atoms with Gasteiger partial charge in [-0.15, -0.1) is 11.6 Å². The van der Waals surface area contributed by atoms with Crippen LogP contribution < -0.4 is 0 Å². The molecule has 0 bridgehead atoms. The molecule has 0 heterocycles. The number of alkyl halides is 1. The van der Waals surface area contributed by atoms with Crippen molar-refractivity contribution < 1.29 is 9.13 Å². The molecular weight excluding hydrogens is 203 g/mol. The molecule has 0 N–H and O–H groups in total. The number of hydrogen-bond donors (Lipinski definition) is 0. The first-order chi connectivity index (χ1) is 6.76. The van der Waals surface area contributed by atoms with E-state index in [1.165, 1.54) is 12.1 Å². The van der Waals surface area contributed by atoms with Crippen LogP contribution in [0.1, 0.15) is 5.56 Å². The third kappa shape index (κ3) is 3.64. The quantitative estimate of drug-likeness (QED) is 0.688. The lowest BCUT2D eigenvalue weighted by Gasteiger charge is -2.12. The van der Waals surface area contributed by atoms with Crippen LogP contribution in [0.4, 0.5) is 4.39 Å². The fourth-order valence-electron chi connectivity index (χ4n) is 1.35. The van der Waals surface area contributed by atoms with E-state index in [1.807, 2.05) is 0 Å². The Morgan fingerprint density at radius 1 is 1.36 bits per heavy atom. The lowest BCUT2D eigenvalue weighted by atomic mass is 10.0. The zero-order chi connectivity index (χ0) is 10.4. The van der Waals surface area contributed by atoms with Gasteiger partial charge in [0.2, 0.25) is 0 Å². The van der Waals surface area contributed by atoms with Crippen molar-refractivity contribution in [2.75, 3.05) is 19.6 Å². The summed E-state index contributed by atoms with van der Waals surface area (Å²) in [5.41, 5.74) is 1.09. The second kappa shape index (κ2) is 5.99. The van der Waals surface area contributed by atoms with Crippen LogP contribution in [0.3, 0.4) is 0 Å². The van der Waals surface area contributed by atoms with Crippen LogP contribution >= 0.6 is 11.6 Å². The maximum atomic E-state index is 12.6. The van der Waals surface area contributed by atoms with Gasteiger partial charge in [-0.25, -0.2) is 4.39 Å². The van der Waals surface area contributed by atoms with Gasteiger partial charge in [-0.1, -0.05) is 12.1 Å². The molecule has 78 valence electrons. The van der Waals surface area contributed by atoms with Gasteiger partial charge in [0.15, 0.2) is 0 Å². The molecule has 1 atom stereocenters. The van der Waals surface area contributed by atoms with E-state index in [9.17, 15) is 4.39 Å². The maximum absolute atomic E-state index is 12.6. The number of ether oxygens (including phenoxy) is 1. The molecule has 0 fully saturated rings. The summed E-state index contributed by atoms with van der Waals surface area (Å²) in [5, 5.41) is 0. The number of benzene rings is 1. The Labute approximate surface area is 88.8 Å². The number of halogens is 2. The highest BCUT2D eigenvalue weighted by Gasteiger charge is 2.07. The van der Waals surface area contributed by atoms with Gasteiger partial charge in [-0.05, 0) is 30.0 Å². The Morgan fingerprint density at radius 2 is 2.00 bits per heavy atom. The van der Waals surface area contributed by atoms with Gasteiger partial charge in [0.05, 0.1) is 6.61 Å². The summed E-state index contributed by atoms with van der Waals surface area (Å²) in [6, 6.07) is 6.50. The molecule has 14 heavy (non-hydrogen) atoms. The SMILES string of the molecule is COCC(CCl)Cc1ccc(F)cc1. The fourth-order valence-corrected chi connectivity index (χ4v) is 1.55. The van der Waals surface area contributed by atoms with Crippen molar-refractivity contribution in [3.05, 3.63) is 35.6 Å². The molecule has 3 heteroatoms. The van der Waals surface area contributed by atoms with Crippen LogP contribution in [0, 0.1) is 11.7 Å². The van der Waals surface area contributed by atoms with Crippen molar-refractivity contribution in [3.8, 4) is 0 Å². The molecule has 1 nitrogen and oxygen atoms in total. The second-order valence-corrected chi connectivity index (χ2v) is 3.61. The van der Waals surface area contributed by atoms with E-state index in [1.54, 1.807) is 19.2 Å². The normalized spacial score (nSPS) is 12.8. The molecule has 1 rings (SSSR count). The van der Waals surface area contributed by atoms with Crippen molar-refractivity contribution in [1.82, 2.24) is 0 Å². The molecule has 1 unspecified atom stereocenters. The van der Waals surface area contributed by atoms with Gasteiger partial charge in [-0.2, -0.15) is 0 Å². The highest BCUT2D eigenvalue weighted by Crippen LogP contribution is 2.11. The summed E-state index contributed by atoms with van der Waals surface area (Å²) in [7, 11) is 1.66. The van der Waals surface area contributed by atoms with E-state index in [0.717, 1.165) is 12.0 Å². The molecule has 0 radical (unpaired) electrons. The number of rotatable bonds is 5. The molecule has 1 aromatic rings. The average molecular weight is 217 g/mol. The smallest absolute Gasteiger partial charge is 0.123 e. The van der Waals surface area contributed by atoms with E-state index in [0.29, 0.717) is 18.4 Å². The van der Waals surface area contributed by atoms with Gasteiger partial charge >= 0.3 is 0 Å². The maximum Gasteiger partial charge on any atom is 0.123 e. The van der Waals surface area contributed by atoms with Crippen molar-refractivity contribution in [3.63, 3.8) is 0 Å². The number of methoxy groups -OCH3 is 1. The van der Waals surface area contributed by atoms with E-state index in [2.05, 4.69) is 0 Å². The summed E-state index contributed by atoms with van der Waals surface area (Å²) >= 11 is 5.77. The van der Waals surface area contributed by atoms with Gasteiger partial charge in [0, 0.05) is 13.0 Å². The van der Waals surface area contributed by atoms with Crippen LogP contribution in [0.5, 0.6) is 0 Å². The fraction of sp³-hybridized carbons (Fsp3) is 0.455. The summed E-state index contributed by atoms with van der Waals surface area (Å²) in [6.07, 6.45) is 0.831. The third-order valence-electron chi connectivity index (χ3n) is 2.06. The summed E-state index contributed by atoms with van der Waals surface area (Å²) < 4.78 is 17.6. The minimum atomic E-state index is -0.206. The Morgan fingerprint density at radius 3 is 2.50 bits per heavy atom. The largest absolute Gasteiger partial charge is 0.384 e. The van der Waals surface area contributed by atoms with Gasteiger partial charge < -0.3 is 4.74 Å². The molecule has 0 saturated carbocycles. The van der Waals surface area contributed by atoms with Gasteiger partial charge in [-0.3, -0.25) is 0 Å². The molecule has 1 aromatic carbocycles. The zero-order valence-corrected chi connectivity index (χ0v) is 8.93. The molecule has 0 amide bonds. The lowest BCUT2D eigenvalue weighted by molar-refractivity contribution is 0.161. The highest BCUT2D eigenvalue weighted by molar-refractivity contribution is 6.18. The molecule has 0 aliphatic rings. The van der Waals surface area contributed by atoms with Crippen LogP contribution in [-0.2, 0) is 11.2 Å². The van der Waals surface area contributed by atoms with Crippen molar-refractivity contribution in [2.45, 2.75) is 6.42 Å². The third-order valence-corrected chi connectivity index (χ3v) is 2.49. The van der Waals surface area contributed by atoms with Crippen molar-refractivity contribution in [2.24, 2.45) is 5.92 Å². The topological polar surface area (TPSA) is 9.23 Å². The molecule has 0 aliphatic carbocycles. The second-order valence-electron chi connectivity index (χ2n) is 3.31. The van der Waals surface area contributed by atoms with Crippen molar-refractivity contribution in [1.29, 1.82) is 0 Å². The predicted octanol–water partition coefficient (Wildman–Crippen LogP) is 2.87. The standard InChI is InChI=1S/C11H14ClFO/c1-14-8-10(7-12)6-9-2-4-11(13)5-3-9/h2-5,10H,6-8H2,1H3. The van der Waals surface area contributed by atoms with E-state index in [4.69, 9.17) is 16.3 Å². The summed E-state index contributed by atoms with van der Waals surface area (Å²) in [5.74, 6) is 0.653. The van der Waals surface area contributed by atoms with E-state index < -0.39 is 0 Å². The van der Waals surface area contributed by atoms with E-state index >= 15 is 0 Å². The minimum absolute atomic E-state index is 0.206. The van der Waals surface area contributed by atoms with Crippen LogP contribution in [-0.4, -0.2) is 19.6 Å². The Hall–Kier alpha value is -0.600. The van der Waals surface area contributed by atoms with Crippen LogP contribution in [0.2, 0.25) is 0 Å². The molecular formula is C11H14ClFO. The Kier molecular flexibility index (Phi) is 4.91. The first-order valence-corrected chi connectivity index (χ1v) is 5.09. The molecule has 0 aliphatic heterocycles. The molecule has 0 aromatic heterocycles. The zero-order valence-electron chi connectivity index (χ0n) is 8.17. The summed E-state index contributed by atoms with van der Waals surface area (Å²) in [6.45, 7) is 0.640. The van der Waals surface area contributed by atoms with Crippen LogP contribution in [0.25, 0.3) is 0 Å². The first-order valence-electron chi connectivity index (χ1n) is 4.55. The van der Waals surface area contributed by atoms with Gasteiger partial charge in [0.25, 0.3) is 0 Å². The molecule has 0 spiro atoms. The van der Waals surface area contributed by atoms with E-state index in [-0.39, 0.29) is 5.82 Å². The van der Waals surface area contributed by atoms with Crippen LogP contribution in [0.15, 0.2) is 24.3 Å². The monoisotopic (exact) mass is 216 g/mol. The Bertz CT molecular complexity index is 260. The van der Waals surface area contributed by atoms with Crippen molar-refractivity contribution >= 4 is 11.6 Å². The first kappa shape index (κ1) is 11.5. The Balaban J connectivity index is 2.53. The predicted molar refractivity (Wildman–Crippen MR) is 56.2 cm³/mol. The lowest BCUT2D eigenvalue weighted by Crippen LogP contribution is -2.12. The minimum Gasteiger partial charge on any atom is -0.384 e. The van der Waals surface area contributed by atoms with Gasteiger partial charge in [0.1, 0.15) is 5.82 Å². The summed E-state index contributed by atoms with van der Waals surface area (Å²) in [4.78, 5) is 0. The average Bonchev–Trinajstić information content (AvgIpc) is 2.20. The highest BCUT2D eigenvalue weighted by atomic mass is 35.5. The number of hydrogen-bond acceptors (Lipinski definition) is 1.